The van der Waals surface area contributed by atoms with Crippen LogP contribution < -0.4 is 10.6 Å². The van der Waals surface area contributed by atoms with E-state index in [2.05, 4.69) is 10.6 Å². The highest BCUT2D eigenvalue weighted by Gasteiger charge is 2.23. The van der Waals surface area contributed by atoms with Crippen LogP contribution in [0.5, 0.6) is 0 Å². The Labute approximate surface area is 187 Å². The van der Waals surface area contributed by atoms with Crippen LogP contribution in [0.15, 0.2) is 48.5 Å². The highest BCUT2D eigenvalue weighted by molar-refractivity contribution is 5.97. The van der Waals surface area contributed by atoms with Crippen molar-refractivity contribution in [2.75, 3.05) is 12.4 Å². The van der Waals surface area contributed by atoms with Gasteiger partial charge in [-0.15, -0.1) is 0 Å². The predicted octanol–water partition coefficient (Wildman–Crippen LogP) is 3.11. The smallest absolute Gasteiger partial charge is 0.338 e. The van der Waals surface area contributed by atoms with E-state index in [9.17, 15) is 19.2 Å². The summed E-state index contributed by atoms with van der Waals surface area (Å²) in [5.74, 6) is -1.71. The van der Waals surface area contributed by atoms with Gasteiger partial charge in [0.15, 0.2) is 0 Å². The fourth-order valence-electron chi connectivity index (χ4n) is 2.83. The van der Waals surface area contributed by atoms with E-state index in [1.807, 2.05) is 0 Å². The standard InChI is InChI=1S/C24H28N2O6/c1-15(27)25-19-12-10-17(11-13-19)21(28)26-20(23(30)31-5)14-16-6-8-18(9-7-16)22(29)32-24(2,3)4/h6-13,20H,14H2,1-5H3,(H,25,27)(H,26,28)/t20-/m0/s1. The van der Waals surface area contributed by atoms with Gasteiger partial charge in [-0.1, -0.05) is 12.1 Å². The first-order valence-electron chi connectivity index (χ1n) is 10.1. The van der Waals surface area contributed by atoms with Gasteiger partial charge in [0.05, 0.1) is 12.7 Å². The van der Waals surface area contributed by atoms with Crippen LogP contribution in [0.1, 0.15) is 54.0 Å². The molecule has 0 aromatic heterocycles. The van der Waals surface area contributed by atoms with Crippen molar-refractivity contribution in [3.05, 3.63) is 65.2 Å². The number of benzene rings is 2. The molecule has 0 saturated carbocycles. The Morgan fingerprint density at radius 1 is 0.906 bits per heavy atom. The first kappa shape index (κ1) is 24.6. The Bertz CT molecular complexity index is 975. The van der Waals surface area contributed by atoms with E-state index in [0.717, 1.165) is 5.56 Å². The Hall–Kier alpha value is -3.68. The van der Waals surface area contributed by atoms with Gasteiger partial charge in [0.25, 0.3) is 5.91 Å². The Balaban J connectivity index is 2.08. The largest absolute Gasteiger partial charge is 0.467 e. The summed E-state index contributed by atoms with van der Waals surface area (Å²) in [7, 11) is 1.25. The van der Waals surface area contributed by atoms with E-state index in [1.54, 1.807) is 69.3 Å². The van der Waals surface area contributed by atoms with Crippen molar-refractivity contribution >= 4 is 29.4 Å². The molecule has 8 nitrogen and oxygen atoms in total. The van der Waals surface area contributed by atoms with Gasteiger partial charge in [-0.25, -0.2) is 9.59 Å². The summed E-state index contributed by atoms with van der Waals surface area (Å²) >= 11 is 0. The molecule has 170 valence electrons. The zero-order valence-electron chi connectivity index (χ0n) is 18.9. The Kier molecular flexibility index (Phi) is 8.12. The second kappa shape index (κ2) is 10.6. The third kappa shape index (κ3) is 7.54. The maximum atomic E-state index is 12.6. The van der Waals surface area contributed by atoms with Crippen LogP contribution in [0.2, 0.25) is 0 Å². The third-order valence-corrected chi connectivity index (χ3v) is 4.29. The lowest BCUT2D eigenvalue weighted by atomic mass is 10.0. The normalized spacial score (nSPS) is 11.8. The van der Waals surface area contributed by atoms with Gasteiger partial charge < -0.3 is 20.1 Å². The summed E-state index contributed by atoms with van der Waals surface area (Å²) in [5.41, 5.74) is 1.41. The number of hydrogen-bond acceptors (Lipinski definition) is 6. The molecule has 32 heavy (non-hydrogen) atoms. The molecule has 2 amide bonds. The molecule has 2 aromatic carbocycles. The number of rotatable bonds is 7. The summed E-state index contributed by atoms with van der Waals surface area (Å²) in [6.07, 6.45) is 0.178. The number of anilines is 1. The van der Waals surface area contributed by atoms with Crippen molar-refractivity contribution in [1.29, 1.82) is 0 Å². The van der Waals surface area contributed by atoms with Crippen LogP contribution in [-0.4, -0.2) is 42.5 Å². The average Bonchev–Trinajstić information content (AvgIpc) is 2.72. The molecule has 0 bridgehead atoms. The molecule has 0 aliphatic rings. The lowest BCUT2D eigenvalue weighted by Gasteiger charge is -2.20. The lowest BCUT2D eigenvalue weighted by molar-refractivity contribution is -0.142. The second-order valence-corrected chi connectivity index (χ2v) is 8.21. The summed E-state index contributed by atoms with van der Waals surface area (Å²) in [4.78, 5) is 48.1. The minimum absolute atomic E-state index is 0.178. The monoisotopic (exact) mass is 440 g/mol. The van der Waals surface area contributed by atoms with Gasteiger partial charge in [0.1, 0.15) is 11.6 Å². The number of carbonyl (C=O) groups is 4. The predicted molar refractivity (Wildman–Crippen MR) is 119 cm³/mol. The van der Waals surface area contributed by atoms with E-state index in [-0.39, 0.29) is 12.3 Å². The number of methoxy groups -OCH3 is 1. The van der Waals surface area contributed by atoms with Crippen molar-refractivity contribution in [3.63, 3.8) is 0 Å². The molecule has 8 heteroatoms. The van der Waals surface area contributed by atoms with Crippen LogP contribution in [0, 0.1) is 0 Å². The van der Waals surface area contributed by atoms with E-state index < -0.39 is 29.5 Å². The molecule has 0 radical (unpaired) electrons. The van der Waals surface area contributed by atoms with E-state index in [0.29, 0.717) is 16.8 Å². The summed E-state index contributed by atoms with van der Waals surface area (Å²) < 4.78 is 10.2. The third-order valence-electron chi connectivity index (χ3n) is 4.29. The number of esters is 2. The van der Waals surface area contributed by atoms with Gasteiger partial charge in [-0.05, 0) is 62.7 Å². The highest BCUT2D eigenvalue weighted by atomic mass is 16.6. The van der Waals surface area contributed by atoms with Gasteiger partial charge in [0.2, 0.25) is 5.91 Å². The topological polar surface area (TPSA) is 111 Å². The van der Waals surface area contributed by atoms with Crippen LogP contribution in [-0.2, 0) is 25.5 Å². The first-order valence-corrected chi connectivity index (χ1v) is 10.1. The maximum absolute atomic E-state index is 12.6. The maximum Gasteiger partial charge on any atom is 0.338 e. The molecule has 0 spiro atoms. The molecule has 0 aliphatic carbocycles. The van der Waals surface area contributed by atoms with Crippen molar-refractivity contribution in [2.24, 2.45) is 0 Å². The van der Waals surface area contributed by atoms with Crippen LogP contribution >= 0.6 is 0 Å². The molecule has 2 rings (SSSR count). The average molecular weight is 440 g/mol. The molecule has 0 unspecified atom stereocenters. The summed E-state index contributed by atoms with van der Waals surface area (Å²) in [5, 5.41) is 5.29. The van der Waals surface area contributed by atoms with Gasteiger partial charge >= 0.3 is 11.9 Å². The fraction of sp³-hybridized carbons (Fsp3) is 0.333. The highest BCUT2D eigenvalue weighted by Crippen LogP contribution is 2.15. The van der Waals surface area contributed by atoms with Crippen molar-refractivity contribution in [1.82, 2.24) is 5.32 Å². The summed E-state index contributed by atoms with van der Waals surface area (Å²) in [6.45, 7) is 6.75. The minimum atomic E-state index is -0.921. The molecule has 0 fully saturated rings. The molecular formula is C24H28N2O6. The zero-order chi connectivity index (χ0) is 23.9. The fourth-order valence-corrected chi connectivity index (χ4v) is 2.83. The van der Waals surface area contributed by atoms with Crippen molar-refractivity contribution < 1.29 is 28.7 Å². The molecule has 2 aromatic rings. The molecule has 0 saturated heterocycles. The van der Waals surface area contributed by atoms with Crippen molar-refractivity contribution in [3.8, 4) is 0 Å². The zero-order valence-corrected chi connectivity index (χ0v) is 18.9. The molecule has 0 heterocycles. The molecular weight excluding hydrogens is 412 g/mol. The molecule has 0 aliphatic heterocycles. The van der Waals surface area contributed by atoms with E-state index in [4.69, 9.17) is 9.47 Å². The van der Waals surface area contributed by atoms with Gasteiger partial charge in [0, 0.05) is 24.6 Å². The Morgan fingerprint density at radius 3 is 1.97 bits per heavy atom. The number of carbonyl (C=O) groups excluding carboxylic acids is 4. The van der Waals surface area contributed by atoms with Gasteiger partial charge in [-0.2, -0.15) is 0 Å². The second-order valence-electron chi connectivity index (χ2n) is 8.21. The van der Waals surface area contributed by atoms with Crippen LogP contribution in [0.3, 0.4) is 0 Å². The van der Waals surface area contributed by atoms with Gasteiger partial charge in [-0.3, -0.25) is 9.59 Å². The molecule has 1 atom stereocenters. The first-order chi connectivity index (χ1) is 15.0. The number of hydrogen-bond donors (Lipinski definition) is 2. The number of ether oxygens (including phenoxy) is 2. The summed E-state index contributed by atoms with van der Waals surface area (Å²) in [6, 6.07) is 12.0. The van der Waals surface area contributed by atoms with Crippen molar-refractivity contribution in [2.45, 2.75) is 45.8 Å². The van der Waals surface area contributed by atoms with E-state index >= 15 is 0 Å². The SMILES string of the molecule is COC(=O)[C@H](Cc1ccc(C(=O)OC(C)(C)C)cc1)NC(=O)c1ccc(NC(C)=O)cc1. The lowest BCUT2D eigenvalue weighted by Crippen LogP contribution is -2.43. The van der Waals surface area contributed by atoms with Crippen LogP contribution in [0.25, 0.3) is 0 Å². The number of nitrogens with one attached hydrogen (secondary N) is 2. The van der Waals surface area contributed by atoms with E-state index in [1.165, 1.54) is 14.0 Å². The quantitative estimate of drug-likeness (QED) is 0.640. The minimum Gasteiger partial charge on any atom is -0.467 e. The Morgan fingerprint density at radius 2 is 1.47 bits per heavy atom. The van der Waals surface area contributed by atoms with Crippen LogP contribution in [0.4, 0.5) is 5.69 Å². The number of amides is 2. The molecule has 2 N–H and O–H groups in total.